The molecule has 0 heterocycles. The zero-order chi connectivity index (χ0) is 9.14. The number of hydrogen-bond donors (Lipinski definition) is 0. The van der Waals surface area contributed by atoms with Gasteiger partial charge in [-0.15, -0.1) is 0 Å². The molecule has 0 unspecified atom stereocenters. The second-order valence-electron chi connectivity index (χ2n) is 3.37. The number of halogens is 1. The lowest BCUT2D eigenvalue weighted by molar-refractivity contribution is 0.402. The number of nitrogens with zero attached hydrogens (tertiary/aromatic N) is 1. The van der Waals surface area contributed by atoms with Crippen LogP contribution in [-0.2, 0) is 6.54 Å². The minimum Gasteiger partial charge on any atom is -0.305 e. The second-order valence-corrected chi connectivity index (χ2v) is 4.62. The molecule has 0 amide bonds. The van der Waals surface area contributed by atoms with Gasteiger partial charge in [0.15, 0.2) is 0 Å². The first-order valence-corrected chi connectivity index (χ1v) is 5.06. The first-order valence-electron chi connectivity index (χ1n) is 3.99. The summed E-state index contributed by atoms with van der Waals surface area (Å²) in [4.78, 5) is 2.19. The molecular weight excluding hydrogens is 261 g/mol. The van der Waals surface area contributed by atoms with Gasteiger partial charge in [0, 0.05) is 10.1 Å². The molecule has 0 atom stereocenters. The van der Waals surface area contributed by atoms with Crippen LogP contribution in [0.2, 0.25) is 0 Å². The second kappa shape index (κ2) is 4.23. The van der Waals surface area contributed by atoms with Gasteiger partial charge in [-0.05, 0) is 66.9 Å². The highest BCUT2D eigenvalue weighted by Gasteiger charge is 1.97. The zero-order valence-electron chi connectivity index (χ0n) is 7.76. The average Bonchev–Trinajstić information content (AvgIpc) is 1.81. The molecule has 0 spiro atoms. The van der Waals surface area contributed by atoms with Crippen LogP contribution in [0.5, 0.6) is 0 Å². The van der Waals surface area contributed by atoms with E-state index in [1.165, 1.54) is 14.7 Å². The van der Waals surface area contributed by atoms with Gasteiger partial charge in [0.2, 0.25) is 0 Å². The van der Waals surface area contributed by atoms with Gasteiger partial charge < -0.3 is 4.90 Å². The average molecular weight is 275 g/mol. The molecule has 0 radical (unpaired) electrons. The summed E-state index contributed by atoms with van der Waals surface area (Å²) >= 11 is 2.36. The lowest BCUT2D eigenvalue weighted by atomic mass is 10.1. The first-order chi connectivity index (χ1) is 5.58. The van der Waals surface area contributed by atoms with E-state index in [4.69, 9.17) is 0 Å². The predicted octanol–water partition coefficient (Wildman–Crippen LogP) is 2.66. The van der Waals surface area contributed by atoms with Crippen molar-refractivity contribution in [3.63, 3.8) is 0 Å². The minimum absolute atomic E-state index is 1.03. The molecular formula is C10H14IN. The van der Waals surface area contributed by atoms with Crippen molar-refractivity contribution in [1.29, 1.82) is 0 Å². The van der Waals surface area contributed by atoms with Gasteiger partial charge in [0.1, 0.15) is 0 Å². The molecule has 0 aliphatic carbocycles. The molecule has 1 nitrogen and oxygen atoms in total. The lowest BCUT2D eigenvalue weighted by Crippen LogP contribution is -2.10. The summed E-state index contributed by atoms with van der Waals surface area (Å²) in [6.45, 7) is 3.17. The van der Waals surface area contributed by atoms with Crippen molar-refractivity contribution in [3.8, 4) is 0 Å². The lowest BCUT2D eigenvalue weighted by Gasteiger charge is -2.10. The highest BCUT2D eigenvalue weighted by molar-refractivity contribution is 14.1. The Kier molecular flexibility index (Phi) is 3.53. The molecule has 0 bridgehead atoms. The fourth-order valence-electron chi connectivity index (χ4n) is 1.27. The SMILES string of the molecule is Cc1cc(I)cc(CN(C)C)c1. The van der Waals surface area contributed by atoms with Gasteiger partial charge >= 0.3 is 0 Å². The molecule has 1 aromatic carbocycles. The third kappa shape index (κ3) is 3.11. The maximum absolute atomic E-state index is 2.36. The van der Waals surface area contributed by atoms with E-state index in [1.54, 1.807) is 0 Å². The van der Waals surface area contributed by atoms with E-state index in [1.807, 2.05) is 0 Å². The van der Waals surface area contributed by atoms with E-state index in [0.29, 0.717) is 0 Å². The molecule has 1 aromatic rings. The molecule has 12 heavy (non-hydrogen) atoms. The third-order valence-corrected chi connectivity index (χ3v) is 2.22. The van der Waals surface area contributed by atoms with E-state index in [9.17, 15) is 0 Å². The van der Waals surface area contributed by atoms with Crippen molar-refractivity contribution >= 4 is 22.6 Å². The summed E-state index contributed by atoms with van der Waals surface area (Å²) in [5.41, 5.74) is 2.74. The monoisotopic (exact) mass is 275 g/mol. The normalized spacial score (nSPS) is 10.8. The molecule has 66 valence electrons. The summed E-state index contributed by atoms with van der Waals surface area (Å²) in [5.74, 6) is 0. The Morgan fingerprint density at radius 1 is 1.25 bits per heavy atom. The number of aryl methyl sites for hydroxylation is 1. The summed E-state index contributed by atoms with van der Waals surface area (Å²) in [6, 6.07) is 6.66. The number of hydrogen-bond acceptors (Lipinski definition) is 1. The zero-order valence-corrected chi connectivity index (χ0v) is 9.92. The van der Waals surface area contributed by atoms with Crippen LogP contribution in [0.1, 0.15) is 11.1 Å². The molecule has 0 aliphatic rings. The fourth-order valence-corrected chi connectivity index (χ4v) is 2.16. The van der Waals surface area contributed by atoms with Gasteiger partial charge in [-0.25, -0.2) is 0 Å². The van der Waals surface area contributed by atoms with Crippen LogP contribution in [0.15, 0.2) is 18.2 Å². The van der Waals surface area contributed by atoms with Gasteiger partial charge in [-0.2, -0.15) is 0 Å². The van der Waals surface area contributed by atoms with E-state index < -0.39 is 0 Å². The highest BCUT2D eigenvalue weighted by atomic mass is 127. The van der Waals surface area contributed by atoms with Gasteiger partial charge in [-0.1, -0.05) is 6.07 Å². The van der Waals surface area contributed by atoms with Crippen molar-refractivity contribution < 1.29 is 0 Å². The molecule has 0 saturated carbocycles. The van der Waals surface area contributed by atoms with Crippen LogP contribution < -0.4 is 0 Å². The van der Waals surface area contributed by atoms with Crippen LogP contribution in [0.3, 0.4) is 0 Å². The van der Waals surface area contributed by atoms with Crippen LogP contribution >= 0.6 is 22.6 Å². The standard InChI is InChI=1S/C10H14IN/c1-8-4-9(7-12(2)3)6-10(11)5-8/h4-6H,7H2,1-3H3. The van der Waals surface area contributed by atoms with Crippen LogP contribution in [0.25, 0.3) is 0 Å². The molecule has 0 N–H and O–H groups in total. The minimum atomic E-state index is 1.03. The van der Waals surface area contributed by atoms with Crippen molar-refractivity contribution in [2.24, 2.45) is 0 Å². The largest absolute Gasteiger partial charge is 0.305 e. The van der Waals surface area contributed by atoms with E-state index in [0.717, 1.165) is 6.54 Å². The Balaban J connectivity index is 2.85. The van der Waals surface area contributed by atoms with Crippen molar-refractivity contribution in [2.45, 2.75) is 13.5 Å². The summed E-state index contributed by atoms with van der Waals surface area (Å²) in [6.07, 6.45) is 0. The van der Waals surface area contributed by atoms with Crippen molar-refractivity contribution in [3.05, 3.63) is 32.9 Å². The maximum Gasteiger partial charge on any atom is 0.0228 e. The van der Waals surface area contributed by atoms with Gasteiger partial charge in [0.25, 0.3) is 0 Å². The Labute approximate surface area is 87.9 Å². The van der Waals surface area contributed by atoms with Crippen LogP contribution in [-0.4, -0.2) is 19.0 Å². The Morgan fingerprint density at radius 3 is 2.42 bits per heavy atom. The third-order valence-electron chi connectivity index (χ3n) is 1.60. The molecule has 0 saturated heterocycles. The quantitative estimate of drug-likeness (QED) is 0.750. The molecule has 0 aromatic heterocycles. The number of benzene rings is 1. The van der Waals surface area contributed by atoms with Crippen molar-refractivity contribution in [1.82, 2.24) is 4.90 Å². The fraction of sp³-hybridized carbons (Fsp3) is 0.400. The van der Waals surface area contributed by atoms with E-state index in [2.05, 4.69) is 66.7 Å². The summed E-state index contributed by atoms with van der Waals surface area (Å²) in [7, 11) is 4.18. The Hall–Kier alpha value is -0.0900. The smallest absolute Gasteiger partial charge is 0.0228 e. The summed E-state index contributed by atoms with van der Waals surface area (Å²) < 4.78 is 1.32. The number of rotatable bonds is 2. The summed E-state index contributed by atoms with van der Waals surface area (Å²) in [5, 5.41) is 0. The van der Waals surface area contributed by atoms with E-state index in [-0.39, 0.29) is 0 Å². The molecule has 2 heteroatoms. The first kappa shape index (κ1) is 9.99. The topological polar surface area (TPSA) is 3.24 Å². The predicted molar refractivity (Wildman–Crippen MR) is 61.3 cm³/mol. The molecule has 0 aliphatic heterocycles. The van der Waals surface area contributed by atoms with Crippen molar-refractivity contribution in [2.75, 3.05) is 14.1 Å². The Bertz CT molecular complexity index is 248. The van der Waals surface area contributed by atoms with Crippen LogP contribution in [0, 0.1) is 10.5 Å². The Morgan fingerprint density at radius 2 is 1.92 bits per heavy atom. The highest BCUT2D eigenvalue weighted by Crippen LogP contribution is 2.12. The molecule has 1 rings (SSSR count). The van der Waals surface area contributed by atoms with E-state index >= 15 is 0 Å². The maximum atomic E-state index is 2.36. The van der Waals surface area contributed by atoms with Gasteiger partial charge in [-0.3, -0.25) is 0 Å². The molecule has 0 fully saturated rings. The van der Waals surface area contributed by atoms with Gasteiger partial charge in [0.05, 0.1) is 0 Å². The van der Waals surface area contributed by atoms with Crippen LogP contribution in [0.4, 0.5) is 0 Å².